The summed E-state index contributed by atoms with van der Waals surface area (Å²) in [5, 5.41) is 0. The summed E-state index contributed by atoms with van der Waals surface area (Å²) in [7, 11) is -2.01. The van der Waals surface area contributed by atoms with Gasteiger partial charge in [0.05, 0.1) is 10.0 Å². The SMILES string of the molecule is Cc1sc(Cl)cc1S(=O)(=O)N(C)c1ccccc1. The van der Waals surface area contributed by atoms with Crippen LogP contribution in [0.1, 0.15) is 4.88 Å². The third-order valence-electron chi connectivity index (χ3n) is 2.60. The van der Waals surface area contributed by atoms with Crippen LogP contribution in [-0.2, 0) is 10.0 Å². The predicted octanol–water partition coefficient (Wildman–Crippen LogP) is 3.54. The minimum atomic E-state index is -3.54. The summed E-state index contributed by atoms with van der Waals surface area (Å²) in [5.41, 5.74) is 0.624. The Hall–Kier alpha value is -1.04. The van der Waals surface area contributed by atoms with E-state index in [1.807, 2.05) is 6.07 Å². The number of rotatable bonds is 3. The molecule has 2 rings (SSSR count). The van der Waals surface area contributed by atoms with Crippen molar-refractivity contribution in [2.24, 2.45) is 0 Å². The molecule has 0 spiro atoms. The summed E-state index contributed by atoms with van der Waals surface area (Å²) in [6.45, 7) is 1.75. The molecule has 1 aromatic carbocycles. The second-order valence-electron chi connectivity index (χ2n) is 3.78. The van der Waals surface area contributed by atoms with Gasteiger partial charge >= 0.3 is 0 Å². The summed E-state index contributed by atoms with van der Waals surface area (Å²) >= 11 is 7.13. The molecule has 3 nitrogen and oxygen atoms in total. The van der Waals surface area contributed by atoms with E-state index in [-0.39, 0.29) is 4.90 Å². The van der Waals surface area contributed by atoms with Gasteiger partial charge in [-0.1, -0.05) is 29.8 Å². The number of halogens is 1. The van der Waals surface area contributed by atoms with Crippen molar-refractivity contribution in [3.63, 3.8) is 0 Å². The van der Waals surface area contributed by atoms with Gasteiger partial charge in [0.15, 0.2) is 0 Å². The number of hydrogen-bond donors (Lipinski definition) is 0. The van der Waals surface area contributed by atoms with E-state index in [2.05, 4.69) is 0 Å². The summed E-state index contributed by atoms with van der Waals surface area (Å²) in [6.07, 6.45) is 0. The van der Waals surface area contributed by atoms with Crippen molar-refractivity contribution in [1.82, 2.24) is 0 Å². The smallest absolute Gasteiger partial charge is 0.265 e. The lowest BCUT2D eigenvalue weighted by atomic mass is 10.3. The normalized spacial score (nSPS) is 11.5. The monoisotopic (exact) mass is 301 g/mol. The summed E-state index contributed by atoms with van der Waals surface area (Å²) < 4.78 is 26.6. The number of nitrogens with zero attached hydrogens (tertiary/aromatic N) is 1. The molecule has 0 saturated carbocycles. The zero-order valence-electron chi connectivity index (χ0n) is 9.92. The predicted molar refractivity (Wildman–Crippen MR) is 76.1 cm³/mol. The maximum absolute atomic E-state index is 12.4. The highest BCUT2D eigenvalue weighted by Gasteiger charge is 2.24. The van der Waals surface area contributed by atoms with Crippen LogP contribution in [0.5, 0.6) is 0 Å². The average molecular weight is 302 g/mol. The van der Waals surface area contributed by atoms with Crippen molar-refractivity contribution in [1.29, 1.82) is 0 Å². The van der Waals surface area contributed by atoms with Crippen LogP contribution < -0.4 is 4.31 Å². The van der Waals surface area contributed by atoms with Crippen molar-refractivity contribution in [3.05, 3.63) is 45.6 Å². The maximum atomic E-state index is 12.4. The Labute approximate surface area is 116 Å². The molecule has 6 heteroatoms. The molecule has 18 heavy (non-hydrogen) atoms. The van der Waals surface area contributed by atoms with E-state index in [0.717, 1.165) is 0 Å². The van der Waals surface area contributed by atoms with E-state index in [9.17, 15) is 8.42 Å². The van der Waals surface area contributed by atoms with Gasteiger partial charge in [-0.25, -0.2) is 8.42 Å². The van der Waals surface area contributed by atoms with E-state index in [0.29, 0.717) is 14.9 Å². The highest BCUT2D eigenvalue weighted by Crippen LogP contribution is 2.32. The fourth-order valence-corrected chi connectivity index (χ4v) is 4.60. The molecule has 1 aromatic heterocycles. The van der Waals surface area contributed by atoms with Crippen LogP contribution in [0.3, 0.4) is 0 Å². The van der Waals surface area contributed by atoms with Crippen molar-refractivity contribution in [3.8, 4) is 0 Å². The molecule has 0 atom stereocenters. The average Bonchev–Trinajstić information content (AvgIpc) is 2.69. The summed E-state index contributed by atoms with van der Waals surface area (Å²) in [6, 6.07) is 10.4. The van der Waals surface area contributed by atoms with Crippen molar-refractivity contribution < 1.29 is 8.42 Å². The van der Waals surface area contributed by atoms with Crippen LogP contribution in [0.2, 0.25) is 4.34 Å². The number of para-hydroxylation sites is 1. The Morgan fingerprint density at radius 2 is 1.83 bits per heavy atom. The maximum Gasteiger partial charge on any atom is 0.265 e. The quantitative estimate of drug-likeness (QED) is 0.869. The van der Waals surface area contributed by atoms with Gasteiger partial charge in [-0.2, -0.15) is 0 Å². The lowest BCUT2D eigenvalue weighted by Gasteiger charge is -2.19. The molecule has 0 radical (unpaired) electrons. The first kappa shape index (κ1) is 13.4. The van der Waals surface area contributed by atoms with Crippen LogP contribution >= 0.6 is 22.9 Å². The molecule has 0 amide bonds. The molecule has 0 aliphatic heterocycles. The zero-order chi connectivity index (χ0) is 13.3. The fourth-order valence-electron chi connectivity index (χ4n) is 1.61. The molecule has 0 N–H and O–H groups in total. The molecule has 0 fully saturated rings. The molecular formula is C12H12ClNO2S2. The van der Waals surface area contributed by atoms with E-state index >= 15 is 0 Å². The number of benzene rings is 1. The Bertz CT molecular complexity index is 650. The first-order chi connectivity index (χ1) is 8.43. The Balaban J connectivity index is 2.47. The van der Waals surface area contributed by atoms with E-state index in [4.69, 9.17) is 11.6 Å². The third kappa shape index (κ3) is 2.39. The number of sulfonamides is 1. The van der Waals surface area contributed by atoms with Crippen LogP contribution in [-0.4, -0.2) is 15.5 Å². The van der Waals surface area contributed by atoms with Gasteiger partial charge < -0.3 is 0 Å². The lowest BCUT2D eigenvalue weighted by molar-refractivity contribution is 0.594. The Kier molecular flexibility index (Phi) is 3.66. The largest absolute Gasteiger partial charge is 0.269 e. The van der Waals surface area contributed by atoms with Gasteiger partial charge in [-0.15, -0.1) is 11.3 Å². The molecule has 1 heterocycles. The third-order valence-corrected chi connectivity index (χ3v) is 5.82. The molecule has 96 valence electrons. The van der Waals surface area contributed by atoms with Crippen molar-refractivity contribution in [2.45, 2.75) is 11.8 Å². The van der Waals surface area contributed by atoms with Gasteiger partial charge in [0.25, 0.3) is 10.0 Å². The number of thiophene rings is 1. The Morgan fingerprint density at radius 1 is 1.22 bits per heavy atom. The van der Waals surface area contributed by atoms with E-state index < -0.39 is 10.0 Å². The van der Waals surface area contributed by atoms with E-state index in [1.54, 1.807) is 31.2 Å². The first-order valence-corrected chi connectivity index (χ1v) is 7.86. The minimum Gasteiger partial charge on any atom is -0.269 e. The highest BCUT2D eigenvalue weighted by molar-refractivity contribution is 7.93. The second-order valence-corrected chi connectivity index (χ2v) is 7.60. The Morgan fingerprint density at radius 3 is 2.33 bits per heavy atom. The number of aryl methyl sites for hydroxylation is 1. The van der Waals surface area contributed by atoms with Crippen LogP contribution in [0, 0.1) is 6.92 Å². The van der Waals surface area contributed by atoms with Gasteiger partial charge in [0, 0.05) is 11.9 Å². The number of hydrogen-bond acceptors (Lipinski definition) is 3. The summed E-state index contributed by atoms with van der Waals surface area (Å²) in [5.74, 6) is 0. The zero-order valence-corrected chi connectivity index (χ0v) is 12.3. The van der Waals surface area contributed by atoms with Gasteiger partial charge in [-0.05, 0) is 25.1 Å². The fraction of sp³-hybridized carbons (Fsp3) is 0.167. The van der Waals surface area contributed by atoms with Crippen LogP contribution in [0.15, 0.2) is 41.3 Å². The lowest BCUT2D eigenvalue weighted by Crippen LogP contribution is -2.26. The molecule has 0 aliphatic carbocycles. The minimum absolute atomic E-state index is 0.267. The standard InChI is InChI=1S/C12H12ClNO2S2/c1-9-11(8-12(13)17-9)18(15,16)14(2)10-6-4-3-5-7-10/h3-8H,1-2H3. The van der Waals surface area contributed by atoms with Crippen LogP contribution in [0.4, 0.5) is 5.69 Å². The molecule has 0 unspecified atom stereocenters. The molecular weight excluding hydrogens is 290 g/mol. The molecule has 0 bridgehead atoms. The molecule has 2 aromatic rings. The number of anilines is 1. The van der Waals surface area contributed by atoms with Crippen LogP contribution in [0.25, 0.3) is 0 Å². The van der Waals surface area contributed by atoms with Gasteiger partial charge in [0.1, 0.15) is 4.90 Å². The highest BCUT2D eigenvalue weighted by atomic mass is 35.5. The summed E-state index contributed by atoms with van der Waals surface area (Å²) in [4.78, 5) is 0.964. The molecule has 0 aliphatic rings. The van der Waals surface area contributed by atoms with Crippen molar-refractivity contribution >= 4 is 38.6 Å². The first-order valence-electron chi connectivity index (χ1n) is 5.23. The van der Waals surface area contributed by atoms with E-state index in [1.165, 1.54) is 28.8 Å². The van der Waals surface area contributed by atoms with Crippen molar-refractivity contribution in [2.75, 3.05) is 11.4 Å². The van der Waals surface area contributed by atoms with Gasteiger partial charge in [-0.3, -0.25) is 4.31 Å². The van der Waals surface area contributed by atoms with Gasteiger partial charge in [0.2, 0.25) is 0 Å². The topological polar surface area (TPSA) is 37.4 Å². The molecule has 0 saturated heterocycles. The second kappa shape index (κ2) is 4.91.